The van der Waals surface area contributed by atoms with E-state index in [4.69, 9.17) is 16.3 Å². The summed E-state index contributed by atoms with van der Waals surface area (Å²) < 4.78 is 7.57. The Morgan fingerprint density at radius 3 is 2.83 bits per heavy atom. The molecule has 0 amide bonds. The van der Waals surface area contributed by atoms with Crippen LogP contribution in [0, 0.1) is 12.8 Å². The molecule has 100 valence electrons. The molecule has 18 heavy (non-hydrogen) atoms. The summed E-state index contributed by atoms with van der Waals surface area (Å²) in [5.41, 5.74) is 1.75. The van der Waals surface area contributed by atoms with E-state index >= 15 is 0 Å². The lowest BCUT2D eigenvalue weighted by molar-refractivity contribution is 0.0423. The molecule has 4 atom stereocenters. The second-order valence-electron chi connectivity index (χ2n) is 5.51. The van der Waals surface area contributed by atoms with Crippen LogP contribution in [0.15, 0.2) is 0 Å². The van der Waals surface area contributed by atoms with Gasteiger partial charge in [0.2, 0.25) is 0 Å². The predicted octanol–water partition coefficient (Wildman–Crippen LogP) is 1.85. The average Bonchev–Trinajstić information content (AvgIpc) is 3.00. The molecule has 2 fully saturated rings. The lowest BCUT2D eigenvalue weighted by Crippen LogP contribution is -2.31. The quantitative estimate of drug-likeness (QED) is 0.912. The highest BCUT2D eigenvalue weighted by Gasteiger charge is 2.44. The van der Waals surface area contributed by atoms with Gasteiger partial charge in [0.1, 0.15) is 0 Å². The lowest BCUT2D eigenvalue weighted by Gasteiger charge is -2.24. The SMILES string of the molecule is Cc1nn(C)c(CC(O)C2CC3CCC2O3)c1Cl. The number of aliphatic hydroxyl groups excluding tert-OH is 1. The summed E-state index contributed by atoms with van der Waals surface area (Å²) in [7, 11) is 1.87. The molecule has 0 saturated carbocycles. The summed E-state index contributed by atoms with van der Waals surface area (Å²) in [5, 5.41) is 15.4. The maximum Gasteiger partial charge on any atom is 0.0847 e. The first-order chi connectivity index (χ1) is 8.56. The Bertz CT molecular complexity index is 460. The molecule has 0 radical (unpaired) electrons. The molecule has 0 aliphatic carbocycles. The van der Waals surface area contributed by atoms with E-state index in [9.17, 15) is 5.11 Å². The number of fused-ring (bicyclic) bond motifs is 2. The largest absolute Gasteiger partial charge is 0.392 e. The Morgan fingerprint density at radius 1 is 1.56 bits per heavy atom. The van der Waals surface area contributed by atoms with Crippen molar-refractivity contribution < 1.29 is 9.84 Å². The summed E-state index contributed by atoms with van der Waals surface area (Å²) in [4.78, 5) is 0. The molecule has 2 bridgehead atoms. The Hall–Kier alpha value is -0.580. The van der Waals surface area contributed by atoms with Crippen molar-refractivity contribution >= 4 is 11.6 Å². The number of rotatable bonds is 3. The Balaban J connectivity index is 1.72. The molecule has 1 aromatic rings. The van der Waals surface area contributed by atoms with Crippen LogP contribution in [0.5, 0.6) is 0 Å². The third-order valence-electron chi connectivity index (χ3n) is 4.31. The molecular weight excluding hydrogens is 252 g/mol. The van der Waals surface area contributed by atoms with Gasteiger partial charge in [-0.3, -0.25) is 4.68 Å². The normalized spacial score (nSPS) is 32.1. The van der Waals surface area contributed by atoms with Gasteiger partial charge in [-0.15, -0.1) is 0 Å². The van der Waals surface area contributed by atoms with Crippen LogP contribution < -0.4 is 0 Å². The minimum absolute atomic E-state index is 0.248. The standard InChI is InChI=1S/C13H19ClN2O2/c1-7-13(14)10(16(2)15-7)6-11(17)9-5-8-3-4-12(9)18-8/h8-9,11-12,17H,3-6H2,1-2H3. The fourth-order valence-corrected chi connectivity index (χ4v) is 3.57. The topological polar surface area (TPSA) is 47.3 Å². The summed E-state index contributed by atoms with van der Waals surface area (Å²) in [6, 6.07) is 0. The third-order valence-corrected chi connectivity index (χ3v) is 4.80. The van der Waals surface area contributed by atoms with Crippen molar-refractivity contribution in [3.05, 3.63) is 16.4 Å². The van der Waals surface area contributed by atoms with Crippen LogP contribution in [0.3, 0.4) is 0 Å². The van der Waals surface area contributed by atoms with E-state index in [-0.39, 0.29) is 18.1 Å². The highest BCUT2D eigenvalue weighted by Crippen LogP contribution is 2.41. The monoisotopic (exact) mass is 270 g/mol. The summed E-state index contributed by atoms with van der Waals surface area (Å²) >= 11 is 6.22. The molecule has 3 heterocycles. The van der Waals surface area contributed by atoms with Gasteiger partial charge >= 0.3 is 0 Å². The lowest BCUT2D eigenvalue weighted by atomic mass is 9.83. The van der Waals surface area contributed by atoms with E-state index < -0.39 is 0 Å². The van der Waals surface area contributed by atoms with Crippen LogP contribution in [-0.4, -0.2) is 33.2 Å². The van der Waals surface area contributed by atoms with Crippen LogP contribution in [-0.2, 0) is 18.2 Å². The molecule has 2 aliphatic heterocycles. The molecule has 3 rings (SSSR count). The fourth-order valence-electron chi connectivity index (χ4n) is 3.33. The highest BCUT2D eigenvalue weighted by molar-refractivity contribution is 6.31. The van der Waals surface area contributed by atoms with Crippen LogP contribution in [0.25, 0.3) is 0 Å². The molecule has 2 aliphatic rings. The van der Waals surface area contributed by atoms with Crippen LogP contribution in [0.4, 0.5) is 0 Å². The van der Waals surface area contributed by atoms with E-state index in [0.29, 0.717) is 17.5 Å². The first kappa shape index (κ1) is 12.5. The van der Waals surface area contributed by atoms with Crippen molar-refractivity contribution in [1.82, 2.24) is 9.78 Å². The second kappa shape index (κ2) is 4.51. The highest BCUT2D eigenvalue weighted by atomic mass is 35.5. The van der Waals surface area contributed by atoms with Crippen molar-refractivity contribution in [3.63, 3.8) is 0 Å². The van der Waals surface area contributed by atoms with Crippen LogP contribution in [0.2, 0.25) is 5.02 Å². The van der Waals surface area contributed by atoms with Crippen molar-refractivity contribution in [2.24, 2.45) is 13.0 Å². The number of hydrogen-bond acceptors (Lipinski definition) is 3. The number of aryl methyl sites for hydroxylation is 2. The van der Waals surface area contributed by atoms with E-state index in [0.717, 1.165) is 30.7 Å². The zero-order chi connectivity index (χ0) is 12.9. The molecule has 0 spiro atoms. The van der Waals surface area contributed by atoms with Gasteiger partial charge in [-0.2, -0.15) is 5.10 Å². The van der Waals surface area contributed by atoms with Gasteiger partial charge in [0, 0.05) is 19.4 Å². The summed E-state index contributed by atoms with van der Waals surface area (Å²) in [6.45, 7) is 1.89. The molecule has 1 N–H and O–H groups in total. The van der Waals surface area contributed by atoms with Crippen molar-refractivity contribution in [3.8, 4) is 0 Å². The summed E-state index contributed by atoms with van der Waals surface area (Å²) in [5.74, 6) is 0.259. The third kappa shape index (κ3) is 1.96. The number of halogens is 1. The Morgan fingerprint density at radius 2 is 2.33 bits per heavy atom. The molecule has 5 heteroatoms. The van der Waals surface area contributed by atoms with Gasteiger partial charge in [0.15, 0.2) is 0 Å². The van der Waals surface area contributed by atoms with E-state index in [1.54, 1.807) is 4.68 Å². The van der Waals surface area contributed by atoms with Crippen molar-refractivity contribution in [2.45, 2.75) is 50.9 Å². The van der Waals surface area contributed by atoms with Crippen LogP contribution >= 0.6 is 11.6 Å². The molecule has 4 nitrogen and oxygen atoms in total. The van der Waals surface area contributed by atoms with E-state index in [2.05, 4.69) is 5.10 Å². The Labute approximate surface area is 112 Å². The van der Waals surface area contributed by atoms with Gasteiger partial charge in [0.25, 0.3) is 0 Å². The first-order valence-electron chi connectivity index (χ1n) is 6.57. The zero-order valence-electron chi connectivity index (χ0n) is 10.8. The van der Waals surface area contributed by atoms with Crippen molar-refractivity contribution in [2.75, 3.05) is 0 Å². The molecule has 4 unspecified atom stereocenters. The number of aliphatic hydroxyl groups is 1. The average molecular weight is 271 g/mol. The van der Waals surface area contributed by atoms with E-state index in [1.165, 1.54) is 0 Å². The molecular formula is C13H19ClN2O2. The molecule has 2 saturated heterocycles. The fraction of sp³-hybridized carbons (Fsp3) is 0.769. The van der Waals surface area contributed by atoms with Gasteiger partial charge in [-0.25, -0.2) is 0 Å². The number of nitrogens with zero attached hydrogens (tertiary/aromatic N) is 2. The minimum atomic E-state index is -0.382. The number of aromatic nitrogens is 2. The first-order valence-corrected chi connectivity index (χ1v) is 6.95. The van der Waals surface area contributed by atoms with Gasteiger partial charge in [-0.1, -0.05) is 11.6 Å². The van der Waals surface area contributed by atoms with Gasteiger partial charge < -0.3 is 9.84 Å². The number of hydrogen-bond donors (Lipinski definition) is 1. The van der Waals surface area contributed by atoms with Crippen LogP contribution in [0.1, 0.15) is 30.7 Å². The smallest absolute Gasteiger partial charge is 0.0847 e. The minimum Gasteiger partial charge on any atom is -0.392 e. The summed E-state index contributed by atoms with van der Waals surface area (Å²) in [6.07, 6.45) is 4.03. The van der Waals surface area contributed by atoms with Crippen molar-refractivity contribution in [1.29, 1.82) is 0 Å². The van der Waals surface area contributed by atoms with Gasteiger partial charge in [0.05, 0.1) is 34.7 Å². The molecule has 1 aromatic heterocycles. The molecule has 0 aromatic carbocycles. The number of ether oxygens (including phenoxy) is 1. The predicted molar refractivity (Wildman–Crippen MR) is 68.7 cm³/mol. The van der Waals surface area contributed by atoms with E-state index in [1.807, 2.05) is 14.0 Å². The maximum atomic E-state index is 10.4. The second-order valence-corrected chi connectivity index (χ2v) is 5.89. The Kier molecular flexibility index (Phi) is 3.12. The maximum absolute atomic E-state index is 10.4. The zero-order valence-corrected chi connectivity index (χ0v) is 11.5. The van der Waals surface area contributed by atoms with Gasteiger partial charge in [-0.05, 0) is 26.2 Å².